The van der Waals surface area contributed by atoms with E-state index in [1.807, 2.05) is 13.0 Å². The smallest absolute Gasteiger partial charge is 0.417 e. The van der Waals surface area contributed by atoms with Gasteiger partial charge in [-0.25, -0.2) is 9.78 Å². The molecule has 7 nitrogen and oxygen atoms in total. The number of rotatable bonds is 7. The number of amides is 2. The molecule has 0 saturated heterocycles. The fraction of sp³-hybridized carbons (Fsp3) is 0.136. The maximum atomic E-state index is 11.9. The van der Waals surface area contributed by atoms with Gasteiger partial charge in [0.25, 0.3) is 0 Å². The van der Waals surface area contributed by atoms with Crippen LogP contribution in [0, 0.1) is 0 Å². The van der Waals surface area contributed by atoms with Crippen LogP contribution >= 0.6 is 0 Å². The third kappa shape index (κ3) is 6.35. The minimum Gasteiger partial charge on any atom is -0.457 e. The first-order valence-corrected chi connectivity index (χ1v) is 9.20. The summed E-state index contributed by atoms with van der Waals surface area (Å²) in [5.41, 5.74) is 0.570. The minimum absolute atomic E-state index is 0.0880. The van der Waals surface area contributed by atoms with Crippen LogP contribution in [0.1, 0.15) is 19.8 Å². The molecule has 148 valence electrons. The number of nitrogens with one attached hydrogen (secondary N) is 2. The van der Waals surface area contributed by atoms with Crippen molar-refractivity contribution in [1.29, 1.82) is 0 Å². The Morgan fingerprint density at radius 1 is 0.897 bits per heavy atom. The summed E-state index contributed by atoms with van der Waals surface area (Å²) in [5, 5.41) is 5.38. The van der Waals surface area contributed by atoms with Crippen molar-refractivity contribution in [2.75, 3.05) is 10.6 Å². The van der Waals surface area contributed by atoms with E-state index in [0.717, 1.165) is 6.42 Å². The molecule has 1 aromatic heterocycles. The van der Waals surface area contributed by atoms with Crippen molar-refractivity contribution in [3.63, 3.8) is 0 Å². The first-order chi connectivity index (χ1) is 14.1. The maximum absolute atomic E-state index is 11.9. The summed E-state index contributed by atoms with van der Waals surface area (Å²) in [6.07, 6.45) is 2.19. The minimum atomic E-state index is -0.577. The van der Waals surface area contributed by atoms with Gasteiger partial charge in [0, 0.05) is 24.4 Å². The molecule has 0 fully saturated rings. The quantitative estimate of drug-likeness (QED) is 0.576. The van der Waals surface area contributed by atoms with Crippen molar-refractivity contribution in [2.24, 2.45) is 0 Å². The molecule has 0 atom stereocenters. The Morgan fingerprint density at radius 3 is 2.38 bits per heavy atom. The number of ether oxygens (including phenoxy) is 2. The summed E-state index contributed by atoms with van der Waals surface area (Å²) in [5.74, 6) is 1.92. The van der Waals surface area contributed by atoms with Gasteiger partial charge in [0.1, 0.15) is 23.1 Å². The molecular weight excluding hydrogens is 370 g/mol. The van der Waals surface area contributed by atoms with E-state index in [1.54, 1.807) is 66.9 Å². The van der Waals surface area contributed by atoms with Gasteiger partial charge in [0.2, 0.25) is 5.91 Å². The van der Waals surface area contributed by atoms with Gasteiger partial charge >= 0.3 is 6.09 Å². The van der Waals surface area contributed by atoms with Gasteiger partial charge in [-0.15, -0.1) is 0 Å². The molecule has 3 rings (SSSR count). The number of carbonyl (C=O) groups excluding carboxylic acids is 2. The molecule has 0 saturated carbocycles. The second-order valence-electron chi connectivity index (χ2n) is 6.13. The zero-order valence-corrected chi connectivity index (χ0v) is 15.9. The van der Waals surface area contributed by atoms with Crippen LogP contribution in [0.25, 0.3) is 0 Å². The molecule has 7 heteroatoms. The van der Waals surface area contributed by atoms with E-state index in [-0.39, 0.29) is 5.91 Å². The first-order valence-electron chi connectivity index (χ1n) is 9.20. The summed E-state index contributed by atoms with van der Waals surface area (Å²) in [6.45, 7) is 1.94. The predicted molar refractivity (Wildman–Crippen MR) is 110 cm³/mol. The fourth-order valence-corrected chi connectivity index (χ4v) is 2.46. The molecule has 0 unspecified atom stereocenters. The van der Waals surface area contributed by atoms with Crippen LogP contribution in [0.4, 0.5) is 16.3 Å². The van der Waals surface area contributed by atoms with Gasteiger partial charge < -0.3 is 14.8 Å². The monoisotopic (exact) mass is 391 g/mol. The van der Waals surface area contributed by atoms with Gasteiger partial charge in [0.05, 0.1) is 0 Å². The number of anilines is 2. The lowest BCUT2D eigenvalue weighted by atomic mass is 10.3. The molecule has 0 aliphatic rings. The van der Waals surface area contributed by atoms with Crippen molar-refractivity contribution >= 4 is 23.5 Å². The Balaban J connectivity index is 1.56. The lowest BCUT2D eigenvalue weighted by Gasteiger charge is -2.10. The van der Waals surface area contributed by atoms with Crippen LogP contribution in [-0.2, 0) is 4.79 Å². The number of benzene rings is 2. The Morgan fingerprint density at radius 2 is 1.66 bits per heavy atom. The van der Waals surface area contributed by atoms with E-state index in [2.05, 4.69) is 15.6 Å². The molecule has 0 radical (unpaired) electrons. The summed E-state index contributed by atoms with van der Waals surface area (Å²) < 4.78 is 11.0. The van der Waals surface area contributed by atoms with E-state index in [4.69, 9.17) is 9.47 Å². The molecule has 0 aliphatic carbocycles. The molecule has 0 spiro atoms. The zero-order chi connectivity index (χ0) is 20.5. The van der Waals surface area contributed by atoms with Crippen LogP contribution in [0.5, 0.6) is 17.2 Å². The number of nitrogens with zero attached hydrogens (tertiary/aromatic N) is 1. The van der Waals surface area contributed by atoms with Crippen LogP contribution in [0.3, 0.4) is 0 Å². The summed E-state index contributed by atoms with van der Waals surface area (Å²) in [4.78, 5) is 27.7. The molecule has 3 aromatic rings. The molecule has 2 N–H and O–H groups in total. The van der Waals surface area contributed by atoms with Crippen LogP contribution < -0.4 is 20.1 Å². The zero-order valence-electron chi connectivity index (χ0n) is 15.9. The van der Waals surface area contributed by atoms with Crippen LogP contribution in [0.15, 0.2) is 72.9 Å². The Kier molecular flexibility index (Phi) is 6.78. The average molecular weight is 391 g/mol. The molecule has 29 heavy (non-hydrogen) atoms. The van der Waals surface area contributed by atoms with E-state index in [0.29, 0.717) is 35.2 Å². The molecule has 2 amide bonds. The maximum Gasteiger partial charge on any atom is 0.417 e. The molecule has 1 heterocycles. The van der Waals surface area contributed by atoms with Crippen molar-refractivity contribution in [3.8, 4) is 17.2 Å². The number of para-hydroxylation sites is 1. The first kappa shape index (κ1) is 19.9. The molecule has 0 bridgehead atoms. The second kappa shape index (κ2) is 9.89. The predicted octanol–water partition coefficient (Wildman–Crippen LogP) is 5.22. The Hall–Kier alpha value is -3.87. The van der Waals surface area contributed by atoms with Crippen molar-refractivity contribution in [2.45, 2.75) is 19.8 Å². The highest BCUT2D eigenvalue weighted by molar-refractivity contribution is 5.89. The van der Waals surface area contributed by atoms with Crippen LogP contribution in [0.2, 0.25) is 0 Å². The highest BCUT2D eigenvalue weighted by Gasteiger charge is 2.07. The number of pyridine rings is 1. The van der Waals surface area contributed by atoms with E-state index < -0.39 is 6.09 Å². The topological polar surface area (TPSA) is 89.6 Å². The van der Waals surface area contributed by atoms with E-state index in [9.17, 15) is 9.59 Å². The van der Waals surface area contributed by atoms with E-state index in [1.165, 1.54) is 0 Å². The second-order valence-corrected chi connectivity index (χ2v) is 6.13. The van der Waals surface area contributed by atoms with Crippen LogP contribution in [-0.4, -0.2) is 17.0 Å². The standard InChI is InChI=1S/C22H21N3O4/c1-2-6-21(26)25-20-15-19(13-14-23-20)28-18-11-9-16(10-12-18)24-22(27)29-17-7-4-3-5-8-17/h3-5,7-15H,2,6H2,1H3,(H,24,27)(H,23,25,26). The average Bonchev–Trinajstić information content (AvgIpc) is 2.71. The van der Waals surface area contributed by atoms with Crippen molar-refractivity contribution < 1.29 is 19.1 Å². The third-order valence-corrected chi connectivity index (χ3v) is 3.77. The SMILES string of the molecule is CCCC(=O)Nc1cc(Oc2ccc(NC(=O)Oc3ccccc3)cc2)ccn1. The lowest BCUT2D eigenvalue weighted by molar-refractivity contribution is -0.116. The number of hydrogen-bond donors (Lipinski definition) is 2. The largest absolute Gasteiger partial charge is 0.457 e. The molecule has 2 aromatic carbocycles. The highest BCUT2D eigenvalue weighted by atomic mass is 16.6. The van der Waals surface area contributed by atoms with Crippen molar-refractivity contribution in [3.05, 3.63) is 72.9 Å². The van der Waals surface area contributed by atoms with Gasteiger partial charge in [-0.2, -0.15) is 0 Å². The number of hydrogen-bond acceptors (Lipinski definition) is 5. The molecule has 0 aliphatic heterocycles. The number of aromatic nitrogens is 1. The lowest BCUT2D eigenvalue weighted by Crippen LogP contribution is -2.16. The molecular formula is C22H21N3O4. The van der Waals surface area contributed by atoms with Gasteiger partial charge in [-0.3, -0.25) is 10.1 Å². The van der Waals surface area contributed by atoms with Gasteiger partial charge in [-0.1, -0.05) is 25.1 Å². The summed E-state index contributed by atoms with van der Waals surface area (Å²) >= 11 is 0. The Bertz CT molecular complexity index is 959. The normalized spacial score (nSPS) is 10.1. The fourth-order valence-electron chi connectivity index (χ4n) is 2.46. The Labute approximate surface area is 168 Å². The van der Waals surface area contributed by atoms with Gasteiger partial charge in [0.15, 0.2) is 0 Å². The third-order valence-electron chi connectivity index (χ3n) is 3.77. The summed E-state index contributed by atoms with van der Waals surface area (Å²) in [7, 11) is 0. The highest BCUT2D eigenvalue weighted by Crippen LogP contribution is 2.24. The van der Waals surface area contributed by atoms with Crippen molar-refractivity contribution in [1.82, 2.24) is 4.98 Å². The van der Waals surface area contributed by atoms with E-state index >= 15 is 0 Å². The number of carbonyl (C=O) groups is 2. The summed E-state index contributed by atoms with van der Waals surface area (Å²) in [6, 6.07) is 19.0. The van der Waals surface area contributed by atoms with Gasteiger partial charge in [-0.05, 0) is 48.9 Å².